The van der Waals surface area contributed by atoms with Crippen LogP contribution in [0.2, 0.25) is 0 Å². The first-order valence-corrected chi connectivity index (χ1v) is 8.62. The number of carbonyl (C=O) groups is 1. The molecule has 0 radical (unpaired) electrons. The summed E-state index contributed by atoms with van der Waals surface area (Å²) in [5, 5.41) is 9.48. The van der Waals surface area contributed by atoms with Crippen LogP contribution in [0, 0.1) is 5.82 Å². The summed E-state index contributed by atoms with van der Waals surface area (Å²) in [6.45, 7) is 0.233. The zero-order chi connectivity index (χ0) is 19.9. The van der Waals surface area contributed by atoms with Crippen LogP contribution >= 0.6 is 0 Å². The fourth-order valence-corrected chi connectivity index (χ4v) is 2.63. The molecular weight excluding hydrogens is 359 g/mol. The van der Waals surface area contributed by atoms with E-state index in [0.717, 1.165) is 11.1 Å². The summed E-state index contributed by atoms with van der Waals surface area (Å²) in [5.74, 6) is 0.704. The monoisotopic (exact) mass is 378 g/mol. The highest BCUT2D eigenvalue weighted by molar-refractivity contribution is 6.07. The number of ketones is 1. The Labute approximate surface area is 162 Å². The number of phenols is 1. The van der Waals surface area contributed by atoms with Crippen molar-refractivity contribution in [3.63, 3.8) is 0 Å². The number of rotatable bonds is 7. The molecule has 5 heteroatoms. The van der Waals surface area contributed by atoms with Crippen molar-refractivity contribution in [1.29, 1.82) is 0 Å². The molecule has 0 spiro atoms. The van der Waals surface area contributed by atoms with Gasteiger partial charge in [0.1, 0.15) is 29.7 Å². The molecule has 0 aromatic heterocycles. The van der Waals surface area contributed by atoms with Crippen LogP contribution in [0.1, 0.15) is 21.5 Å². The maximum atomic E-state index is 13.0. The predicted molar refractivity (Wildman–Crippen MR) is 105 cm³/mol. The minimum Gasteiger partial charge on any atom is -0.508 e. The predicted octanol–water partition coefficient (Wildman–Crippen LogP) is 5.02. The SMILES string of the molecule is COc1ccc(/C=C/C(=O)c2cccc(O)c2)cc1COc1ccc(F)cc1. The summed E-state index contributed by atoms with van der Waals surface area (Å²) in [4.78, 5) is 12.2. The molecule has 0 atom stereocenters. The van der Waals surface area contributed by atoms with E-state index in [0.29, 0.717) is 17.1 Å². The van der Waals surface area contributed by atoms with E-state index < -0.39 is 0 Å². The largest absolute Gasteiger partial charge is 0.508 e. The Balaban J connectivity index is 1.74. The second-order valence-corrected chi connectivity index (χ2v) is 6.06. The molecule has 0 aliphatic rings. The van der Waals surface area contributed by atoms with Crippen LogP contribution < -0.4 is 9.47 Å². The molecule has 28 heavy (non-hydrogen) atoms. The third-order valence-corrected chi connectivity index (χ3v) is 4.07. The van der Waals surface area contributed by atoms with Gasteiger partial charge in [0.25, 0.3) is 0 Å². The summed E-state index contributed by atoms with van der Waals surface area (Å²) < 4.78 is 24.0. The molecule has 0 aliphatic heterocycles. The van der Waals surface area contributed by atoms with Crippen molar-refractivity contribution in [3.8, 4) is 17.2 Å². The minimum atomic E-state index is -0.325. The third kappa shape index (κ3) is 4.98. The topological polar surface area (TPSA) is 55.8 Å². The lowest BCUT2D eigenvalue weighted by atomic mass is 10.1. The molecule has 1 N–H and O–H groups in total. The highest BCUT2D eigenvalue weighted by atomic mass is 19.1. The fraction of sp³-hybridized carbons (Fsp3) is 0.0870. The van der Waals surface area contributed by atoms with Gasteiger partial charge >= 0.3 is 0 Å². The molecule has 0 fully saturated rings. The van der Waals surface area contributed by atoms with Crippen molar-refractivity contribution in [2.45, 2.75) is 6.61 Å². The number of allylic oxidation sites excluding steroid dienone is 1. The fourth-order valence-electron chi connectivity index (χ4n) is 2.63. The van der Waals surface area contributed by atoms with Gasteiger partial charge in [-0.15, -0.1) is 0 Å². The summed E-state index contributed by atoms with van der Waals surface area (Å²) in [7, 11) is 1.57. The van der Waals surface area contributed by atoms with Gasteiger partial charge in [0.15, 0.2) is 5.78 Å². The number of carbonyl (C=O) groups excluding carboxylic acids is 1. The first-order chi connectivity index (χ1) is 13.5. The smallest absolute Gasteiger partial charge is 0.185 e. The molecule has 0 amide bonds. The minimum absolute atomic E-state index is 0.0453. The number of hydrogen-bond acceptors (Lipinski definition) is 4. The normalized spacial score (nSPS) is 10.8. The van der Waals surface area contributed by atoms with Crippen LogP contribution in [0.3, 0.4) is 0 Å². The van der Waals surface area contributed by atoms with Gasteiger partial charge in [-0.3, -0.25) is 4.79 Å². The number of hydrogen-bond donors (Lipinski definition) is 1. The Morgan fingerprint density at radius 3 is 2.57 bits per heavy atom. The molecular formula is C23H19FO4. The lowest BCUT2D eigenvalue weighted by molar-refractivity contribution is 0.104. The molecule has 0 aliphatic carbocycles. The quantitative estimate of drug-likeness (QED) is 0.464. The summed E-state index contributed by atoms with van der Waals surface area (Å²) in [6.07, 6.45) is 3.13. The lowest BCUT2D eigenvalue weighted by Crippen LogP contribution is -1.99. The van der Waals surface area contributed by atoms with Gasteiger partial charge in [0.2, 0.25) is 0 Å². The van der Waals surface area contributed by atoms with Gasteiger partial charge in [-0.05, 0) is 60.2 Å². The van der Waals surface area contributed by atoms with Crippen molar-refractivity contribution in [2.75, 3.05) is 7.11 Å². The molecule has 0 heterocycles. The van der Waals surface area contributed by atoms with E-state index in [4.69, 9.17) is 9.47 Å². The molecule has 4 nitrogen and oxygen atoms in total. The molecule has 0 unspecified atom stereocenters. The summed E-state index contributed by atoms with van der Waals surface area (Å²) in [6, 6.07) is 17.4. The Kier molecular flexibility index (Phi) is 6.07. The van der Waals surface area contributed by atoms with Gasteiger partial charge < -0.3 is 14.6 Å². The Hall–Kier alpha value is -3.60. The van der Waals surface area contributed by atoms with Gasteiger partial charge in [0.05, 0.1) is 7.11 Å². The van der Waals surface area contributed by atoms with Crippen LogP contribution in [-0.4, -0.2) is 18.0 Å². The van der Waals surface area contributed by atoms with Crippen molar-refractivity contribution in [3.05, 3.63) is 95.3 Å². The highest BCUT2D eigenvalue weighted by Crippen LogP contribution is 2.23. The van der Waals surface area contributed by atoms with Crippen LogP contribution in [-0.2, 0) is 6.61 Å². The van der Waals surface area contributed by atoms with E-state index in [2.05, 4.69) is 0 Å². The maximum absolute atomic E-state index is 13.0. The highest BCUT2D eigenvalue weighted by Gasteiger charge is 2.07. The Morgan fingerprint density at radius 1 is 1.07 bits per heavy atom. The maximum Gasteiger partial charge on any atom is 0.185 e. The molecule has 142 valence electrons. The number of methoxy groups -OCH3 is 1. The van der Waals surface area contributed by atoms with E-state index in [9.17, 15) is 14.3 Å². The molecule has 3 aromatic rings. The van der Waals surface area contributed by atoms with E-state index in [1.807, 2.05) is 12.1 Å². The van der Waals surface area contributed by atoms with E-state index in [-0.39, 0.29) is 24.0 Å². The Bertz CT molecular complexity index is 994. The van der Waals surface area contributed by atoms with Gasteiger partial charge in [-0.25, -0.2) is 4.39 Å². The first kappa shape index (κ1) is 19.2. The van der Waals surface area contributed by atoms with Gasteiger partial charge in [0, 0.05) is 11.1 Å². The molecule has 3 rings (SSSR count). The standard InChI is InChI=1S/C23H19FO4/c1-27-23-12-6-16(5-11-22(26)17-3-2-4-20(25)14-17)13-18(23)15-28-21-9-7-19(24)8-10-21/h2-14,25H,15H2,1H3/b11-5+. The Morgan fingerprint density at radius 2 is 1.86 bits per heavy atom. The number of ether oxygens (including phenoxy) is 2. The van der Waals surface area contributed by atoms with Crippen molar-refractivity contribution in [1.82, 2.24) is 0 Å². The zero-order valence-corrected chi connectivity index (χ0v) is 15.3. The van der Waals surface area contributed by atoms with Crippen LogP contribution in [0.15, 0.2) is 72.8 Å². The van der Waals surface area contributed by atoms with Crippen LogP contribution in [0.25, 0.3) is 6.08 Å². The lowest BCUT2D eigenvalue weighted by Gasteiger charge is -2.11. The average Bonchev–Trinajstić information content (AvgIpc) is 2.71. The van der Waals surface area contributed by atoms with E-state index in [1.54, 1.807) is 43.5 Å². The number of halogens is 1. The summed E-state index contributed by atoms with van der Waals surface area (Å²) >= 11 is 0. The van der Waals surface area contributed by atoms with E-state index in [1.165, 1.54) is 30.3 Å². The molecule has 3 aromatic carbocycles. The van der Waals surface area contributed by atoms with E-state index >= 15 is 0 Å². The third-order valence-electron chi connectivity index (χ3n) is 4.07. The average molecular weight is 378 g/mol. The number of benzene rings is 3. The zero-order valence-electron chi connectivity index (χ0n) is 15.3. The number of phenolic OH excluding ortho intramolecular Hbond substituents is 1. The second-order valence-electron chi connectivity index (χ2n) is 6.06. The molecule has 0 saturated carbocycles. The van der Waals surface area contributed by atoms with Crippen LogP contribution in [0.4, 0.5) is 4.39 Å². The van der Waals surface area contributed by atoms with Crippen molar-refractivity contribution in [2.24, 2.45) is 0 Å². The van der Waals surface area contributed by atoms with Crippen LogP contribution in [0.5, 0.6) is 17.2 Å². The molecule has 0 saturated heterocycles. The second kappa shape index (κ2) is 8.86. The van der Waals surface area contributed by atoms with Gasteiger partial charge in [-0.2, -0.15) is 0 Å². The number of aromatic hydroxyl groups is 1. The first-order valence-electron chi connectivity index (χ1n) is 8.62. The van der Waals surface area contributed by atoms with Crippen molar-refractivity contribution >= 4 is 11.9 Å². The summed E-state index contributed by atoms with van der Waals surface area (Å²) in [5.41, 5.74) is 2.00. The van der Waals surface area contributed by atoms with Crippen molar-refractivity contribution < 1.29 is 23.8 Å². The van der Waals surface area contributed by atoms with Gasteiger partial charge in [-0.1, -0.05) is 24.3 Å². The molecule has 0 bridgehead atoms.